The SMILES string of the molecule is CCC[C@H](N)C(=O)NCCS(=O)(=O)CC. The molecule has 0 unspecified atom stereocenters. The molecule has 0 rings (SSSR count). The lowest BCUT2D eigenvalue weighted by molar-refractivity contribution is -0.122. The molecule has 0 aliphatic heterocycles. The fraction of sp³-hybridized carbons (Fsp3) is 0.889. The molecular formula is C9H20N2O3S. The Balaban J connectivity index is 3.82. The number of rotatable bonds is 7. The molecule has 0 fully saturated rings. The van der Waals surface area contributed by atoms with Gasteiger partial charge in [0.1, 0.15) is 0 Å². The van der Waals surface area contributed by atoms with E-state index in [2.05, 4.69) is 5.32 Å². The van der Waals surface area contributed by atoms with Crippen LogP contribution in [0.4, 0.5) is 0 Å². The predicted molar refractivity (Wildman–Crippen MR) is 60.2 cm³/mol. The normalized spacial score (nSPS) is 13.5. The average molecular weight is 236 g/mol. The van der Waals surface area contributed by atoms with E-state index in [0.29, 0.717) is 6.42 Å². The second kappa shape index (κ2) is 6.79. The lowest BCUT2D eigenvalue weighted by Gasteiger charge is -2.10. The van der Waals surface area contributed by atoms with E-state index in [1.54, 1.807) is 6.92 Å². The minimum Gasteiger partial charge on any atom is -0.354 e. The lowest BCUT2D eigenvalue weighted by atomic mass is 10.2. The molecule has 6 heteroatoms. The fourth-order valence-electron chi connectivity index (χ4n) is 1.05. The van der Waals surface area contributed by atoms with Crippen LogP contribution in [-0.2, 0) is 14.6 Å². The zero-order chi connectivity index (χ0) is 11.9. The van der Waals surface area contributed by atoms with Crippen molar-refractivity contribution in [3.8, 4) is 0 Å². The molecule has 0 saturated heterocycles. The first-order valence-electron chi connectivity index (χ1n) is 5.16. The topological polar surface area (TPSA) is 89.3 Å². The maximum absolute atomic E-state index is 11.3. The van der Waals surface area contributed by atoms with Gasteiger partial charge in [-0.3, -0.25) is 4.79 Å². The Kier molecular flexibility index (Phi) is 6.51. The minimum atomic E-state index is -3.01. The summed E-state index contributed by atoms with van der Waals surface area (Å²) in [5, 5.41) is 2.51. The number of nitrogens with two attached hydrogens (primary N) is 1. The highest BCUT2D eigenvalue weighted by molar-refractivity contribution is 7.91. The van der Waals surface area contributed by atoms with Crippen molar-refractivity contribution in [1.82, 2.24) is 5.32 Å². The molecule has 0 spiro atoms. The van der Waals surface area contributed by atoms with E-state index in [4.69, 9.17) is 5.73 Å². The van der Waals surface area contributed by atoms with Crippen molar-refractivity contribution in [2.45, 2.75) is 32.7 Å². The molecule has 3 N–H and O–H groups in total. The molecule has 0 radical (unpaired) electrons. The van der Waals surface area contributed by atoms with Gasteiger partial charge in [-0.15, -0.1) is 0 Å². The van der Waals surface area contributed by atoms with E-state index in [1.165, 1.54) is 0 Å². The lowest BCUT2D eigenvalue weighted by Crippen LogP contribution is -2.42. The van der Waals surface area contributed by atoms with Crippen molar-refractivity contribution >= 4 is 15.7 Å². The molecule has 0 aromatic rings. The maximum atomic E-state index is 11.3. The van der Waals surface area contributed by atoms with Crippen LogP contribution in [0.1, 0.15) is 26.7 Å². The van der Waals surface area contributed by atoms with Crippen molar-refractivity contribution in [3.05, 3.63) is 0 Å². The first kappa shape index (κ1) is 14.4. The van der Waals surface area contributed by atoms with E-state index in [0.717, 1.165) is 6.42 Å². The van der Waals surface area contributed by atoms with Crippen LogP contribution in [0.15, 0.2) is 0 Å². The summed E-state index contributed by atoms with van der Waals surface area (Å²) in [4.78, 5) is 11.3. The van der Waals surface area contributed by atoms with Crippen LogP contribution in [0.25, 0.3) is 0 Å². The van der Waals surface area contributed by atoms with Crippen LogP contribution < -0.4 is 11.1 Å². The van der Waals surface area contributed by atoms with E-state index < -0.39 is 15.9 Å². The first-order valence-corrected chi connectivity index (χ1v) is 6.98. The third-order valence-electron chi connectivity index (χ3n) is 2.09. The van der Waals surface area contributed by atoms with Gasteiger partial charge < -0.3 is 11.1 Å². The van der Waals surface area contributed by atoms with Crippen LogP contribution >= 0.6 is 0 Å². The Labute approximate surface area is 91.3 Å². The van der Waals surface area contributed by atoms with Gasteiger partial charge in [0.05, 0.1) is 11.8 Å². The van der Waals surface area contributed by atoms with Gasteiger partial charge in [-0.1, -0.05) is 20.3 Å². The summed E-state index contributed by atoms with van der Waals surface area (Å²) in [6.07, 6.45) is 1.45. The standard InChI is InChI=1S/C9H20N2O3S/c1-3-5-8(10)9(12)11-6-7-15(13,14)4-2/h8H,3-7,10H2,1-2H3,(H,11,12)/t8-/m0/s1. The zero-order valence-electron chi connectivity index (χ0n) is 9.32. The third-order valence-corrected chi connectivity index (χ3v) is 3.79. The quantitative estimate of drug-likeness (QED) is 0.633. The largest absolute Gasteiger partial charge is 0.354 e. The Hall–Kier alpha value is -0.620. The summed E-state index contributed by atoms with van der Waals surface area (Å²) in [5.74, 6) is -0.194. The highest BCUT2D eigenvalue weighted by Crippen LogP contribution is 1.93. The van der Waals surface area contributed by atoms with E-state index in [-0.39, 0.29) is 24.0 Å². The number of amides is 1. The summed E-state index contributed by atoms with van der Waals surface area (Å²) in [5.41, 5.74) is 5.55. The van der Waals surface area contributed by atoms with Gasteiger partial charge in [-0.05, 0) is 6.42 Å². The molecular weight excluding hydrogens is 216 g/mol. The van der Waals surface area contributed by atoms with Gasteiger partial charge in [0, 0.05) is 12.3 Å². The van der Waals surface area contributed by atoms with Crippen molar-refractivity contribution < 1.29 is 13.2 Å². The molecule has 0 aliphatic rings. The Morgan fingerprint density at radius 2 is 2.00 bits per heavy atom. The minimum absolute atomic E-state index is 0.0198. The molecule has 0 saturated carbocycles. The summed E-state index contributed by atoms with van der Waals surface area (Å²) < 4.78 is 22.2. The van der Waals surface area contributed by atoms with Gasteiger partial charge in [0.2, 0.25) is 5.91 Å². The highest BCUT2D eigenvalue weighted by atomic mass is 32.2. The van der Waals surface area contributed by atoms with Crippen molar-refractivity contribution in [2.75, 3.05) is 18.1 Å². The summed E-state index contributed by atoms with van der Waals surface area (Å²) in [6, 6.07) is -0.528. The zero-order valence-corrected chi connectivity index (χ0v) is 10.1. The molecule has 15 heavy (non-hydrogen) atoms. The molecule has 0 aromatic carbocycles. The van der Waals surface area contributed by atoms with Gasteiger partial charge in [0.15, 0.2) is 9.84 Å². The van der Waals surface area contributed by atoms with Crippen LogP contribution in [0.2, 0.25) is 0 Å². The van der Waals surface area contributed by atoms with Crippen LogP contribution in [0.5, 0.6) is 0 Å². The number of sulfone groups is 1. The van der Waals surface area contributed by atoms with Gasteiger partial charge in [-0.2, -0.15) is 0 Å². The van der Waals surface area contributed by atoms with Crippen molar-refractivity contribution in [3.63, 3.8) is 0 Å². The molecule has 5 nitrogen and oxygen atoms in total. The van der Waals surface area contributed by atoms with Crippen molar-refractivity contribution in [1.29, 1.82) is 0 Å². The van der Waals surface area contributed by atoms with E-state index >= 15 is 0 Å². The van der Waals surface area contributed by atoms with Gasteiger partial charge in [-0.25, -0.2) is 8.42 Å². The number of carbonyl (C=O) groups is 1. The molecule has 0 bridgehead atoms. The average Bonchev–Trinajstić information content (AvgIpc) is 2.18. The second-order valence-corrected chi connectivity index (χ2v) is 5.90. The van der Waals surface area contributed by atoms with Gasteiger partial charge >= 0.3 is 0 Å². The predicted octanol–water partition coefficient (Wildman–Crippen LogP) is -0.335. The maximum Gasteiger partial charge on any atom is 0.236 e. The molecule has 0 aliphatic carbocycles. The third kappa shape index (κ3) is 6.46. The smallest absolute Gasteiger partial charge is 0.236 e. The number of hydrogen-bond acceptors (Lipinski definition) is 4. The van der Waals surface area contributed by atoms with E-state index in [9.17, 15) is 13.2 Å². The van der Waals surface area contributed by atoms with Gasteiger partial charge in [0.25, 0.3) is 0 Å². The number of carbonyl (C=O) groups excluding carboxylic acids is 1. The monoisotopic (exact) mass is 236 g/mol. The molecule has 1 atom stereocenters. The number of hydrogen-bond donors (Lipinski definition) is 2. The van der Waals surface area contributed by atoms with Crippen LogP contribution in [-0.4, -0.2) is 38.4 Å². The Morgan fingerprint density at radius 3 is 2.47 bits per heavy atom. The van der Waals surface area contributed by atoms with Crippen LogP contribution in [0, 0.1) is 0 Å². The second-order valence-electron chi connectivity index (χ2n) is 3.42. The number of nitrogens with one attached hydrogen (secondary N) is 1. The van der Waals surface area contributed by atoms with Crippen molar-refractivity contribution in [2.24, 2.45) is 5.73 Å². The molecule has 0 aromatic heterocycles. The fourth-order valence-corrected chi connectivity index (χ4v) is 1.75. The Bertz CT molecular complexity index is 288. The molecule has 0 heterocycles. The highest BCUT2D eigenvalue weighted by Gasteiger charge is 2.13. The summed E-state index contributed by atoms with van der Waals surface area (Å²) in [7, 11) is -3.01. The molecule has 1 amide bonds. The summed E-state index contributed by atoms with van der Waals surface area (Å²) in [6.45, 7) is 3.67. The molecule has 90 valence electrons. The van der Waals surface area contributed by atoms with E-state index in [1.807, 2.05) is 6.92 Å². The van der Waals surface area contributed by atoms with Crippen LogP contribution in [0.3, 0.4) is 0 Å². The first-order chi connectivity index (χ1) is 6.93. The Morgan fingerprint density at radius 1 is 1.40 bits per heavy atom. The summed E-state index contributed by atoms with van der Waals surface area (Å²) >= 11 is 0.